The summed E-state index contributed by atoms with van der Waals surface area (Å²) < 4.78 is 2.00. The van der Waals surface area contributed by atoms with Crippen LogP contribution in [-0.2, 0) is 19.3 Å². The van der Waals surface area contributed by atoms with Crippen molar-refractivity contribution in [1.82, 2.24) is 9.78 Å². The lowest BCUT2D eigenvalue weighted by molar-refractivity contribution is 0.0979. The Labute approximate surface area is 164 Å². The Balaban J connectivity index is 1.61. The lowest BCUT2D eigenvalue weighted by atomic mass is 9.99. The average Bonchev–Trinajstić information content (AvgIpc) is 3.31. The third-order valence-corrected chi connectivity index (χ3v) is 6.01. The summed E-state index contributed by atoms with van der Waals surface area (Å²) in [5.41, 5.74) is 14.1. The molecule has 1 aliphatic heterocycles. The van der Waals surface area contributed by atoms with Crippen LogP contribution in [0.4, 0.5) is 11.4 Å². The molecule has 0 atom stereocenters. The molecule has 0 radical (unpaired) electrons. The van der Waals surface area contributed by atoms with Gasteiger partial charge in [-0.3, -0.25) is 4.79 Å². The number of aryl methyl sites for hydroxylation is 1. The van der Waals surface area contributed by atoms with Gasteiger partial charge >= 0.3 is 0 Å². The summed E-state index contributed by atoms with van der Waals surface area (Å²) >= 11 is 0. The highest BCUT2D eigenvalue weighted by Gasteiger charge is 2.32. The topological polar surface area (TPSA) is 64.2 Å². The highest BCUT2D eigenvalue weighted by Crippen LogP contribution is 2.34. The molecule has 0 spiro atoms. The number of carbonyl (C=O) groups is 1. The number of anilines is 2. The summed E-state index contributed by atoms with van der Waals surface area (Å²) in [6, 6.07) is 14.1. The van der Waals surface area contributed by atoms with Crippen LogP contribution in [0.15, 0.2) is 42.5 Å². The molecule has 28 heavy (non-hydrogen) atoms. The van der Waals surface area contributed by atoms with Crippen molar-refractivity contribution in [2.45, 2.75) is 39.0 Å². The summed E-state index contributed by atoms with van der Waals surface area (Å²) in [5.74, 6) is -0.00275. The maximum absolute atomic E-state index is 13.6. The molecule has 0 saturated heterocycles. The zero-order valence-corrected chi connectivity index (χ0v) is 16.1. The molecule has 142 valence electrons. The van der Waals surface area contributed by atoms with E-state index < -0.39 is 0 Å². The van der Waals surface area contributed by atoms with E-state index in [0.717, 1.165) is 65.9 Å². The number of carbonyl (C=O) groups excluding carboxylic acids is 1. The SMILES string of the molecule is Cc1ccccc1-n1nc(C(=O)N2CCCc3c(N)cccc32)c2c1CCC2. The summed E-state index contributed by atoms with van der Waals surface area (Å²) in [4.78, 5) is 15.4. The molecule has 1 aliphatic carbocycles. The monoisotopic (exact) mass is 372 g/mol. The molecule has 0 unspecified atom stereocenters. The van der Waals surface area contributed by atoms with Crippen molar-refractivity contribution in [2.24, 2.45) is 0 Å². The van der Waals surface area contributed by atoms with E-state index in [1.807, 2.05) is 39.9 Å². The average molecular weight is 372 g/mol. The fraction of sp³-hybridized carbons (Fsp3) is 0.304. The number of nitrogens with two attached hydrogens (primary N) is 1. The van der Waals surface area contributed by atoms with Gasteiger partial charge in [0.1, 0.15) is 0 Å². The molecule has 1 amide bonds. The fourth-order valence-corrected chi connectivity index (χ4v) is 4.60. The lowest BCUT2D eigenvalue weighted by Gasteiger charge is -2.30. The number of rotatable bonds is 2. The van der Waals surface area contributed by atoms with E-state index in [4.69, 9.17) is 10.8 Å². The second kappa shape index (κ2) is 6.51. The van der Waals surface area contributed by atoms with Gasteiger partial charge in [0.05, 0.1) is 5.69 Å². The molecule has 2 aromatic carbocycles. The maximum Gasteiger partial charge on any atom is 0.279 e. The molecule has 5 nitrogen and oxygen atoms in total. The third kappa shape index (κ3) is 2.53. The fourth-order valence-electron chi connectivity index (χ4n) is 4.60. The number of hydrogen-bond donors (Lipinski definition) is 1. The summed E-state index contributed by atoms with van der Waals surface area (Å²) in [6.07, 6.45) is 4.80. The molecule has 1 aromatic heterocycles. The van der Waals surface area contributed by atoms with Gasteiger partial charge in [0.15, 0.2) is 5.69 Å². The van der Waals surface area contributed by atoms with Crippen molar-refractivity contribution in [3.63, 3.8) is 0 Å². The Morgan fingerprint density at radius 3 is 2.61 bits per heavy atom. The quantitative estimate of drug-likeness (QED) is 0.695. The van der Waals surface area contributed by atoms with E-state index in [0.29, 0.717) is 12.2 Å². The van der Waals surface area contributed by atoms with Gasteiger partial charge in [-0.15, -0.1) is 0 Å². The van der Waals surface area contributed by atoms with Crippen LogP contribution in [0.5, 0.6) is 0 Å². The standard InChI is InChI=1S/C23H24N4O/c1-15-7-2-3-11-19(15)27-21-13-4-8-17(21)22(25-27)23(28)26-14-6-9-16-18(24)10-5-12-20(16)26/h2-3,5,7,10-12H,4,6,8-9,13-14,24H2,1H3. The number of aromatic nitrogens is 2. The van der Waals surface area contributed by atoms with E-state index in [-0.39, 0.29) is 5.91 Å². The first kappa shape index (κ1) is 17.0. The van der Waals surface area contributed by atoms with Crippen LogP contribution in [-0.4, -0.2) is 22.2 Å². The molecule has 0 saturated carbocycles. The molecule has 3 aromatic rings. The molecule has 5 heteroatoms. The van der Waals surface area contributed by atoms with Crippen molar-refractivity contribution in [3.8, 4) is 5.69 Å². The highest BCUT2D eigenvalue weighted by atomic mass is 16.2. The molecule has 2 N–H and O–H groups in total. The minimum absolute atomic E-state index is 0.00275. The molecule has 0 bridgehead atoms. The molecular weight excluding hydrogens is 348 g/mol. The van der Waals surface area contributed by atoms with Crippen molar-refractivity contribution in [2.75, 3.05) is 17.2 Å². The Morgan fingerprint density at radius 1 is 0.964 bits per heavy atom. The Kier molecular flexibility index (Phi) is 3.97. The van der Waals surface area contributed by atoms with Gasteiger partial charge in [0, 0.05) is 29.2 Å². The first-order valence-corrected chi connectivity index (χ1v) is 10.0. The van der Waals surface area contributed by atoms with Crippen LogP contribution >= 0.6 is 0 Å². The van der Waals surface area contributed by atoms with E-state index in [1.165, 1.54) is 5.69 Å². The van der Waals surface area contributed by atoms with E-state index in [2.05, 4.69) is 19.1 Å². The van der Waals surface area contributed by atoms with Crippen molar-refractivity contribution < 1.29 is 4.79 Å². The molecule has 2 aliphatic rings. The van der Waals surface area contributed by atoms with Gasteiger partial charge < -0.3 is 10.6 Å². The number of fused-ring (bicyclic) bond motifs is 2. The van der Waals surface area contributed by atoms with Crippen LogP contribution in [0.25, 0.3) is 5.69 Å². The molecular formula is C23H24N4O. The lowest BCUT2D eigenvalue weighted by Crippen LogP contribution is -2.36. The zero-order chi connectivity index (χ0) is 19.3. The van der Waals surface area contributed by atoms with E-state index in [9.17, 15) is 4.79 Å². The van der Waals surface area contributed by atoms with E-state index >= 15 is 0 Å². The van der Waals surface area contributed by atoms with Crippen LogP contribution in [0.3, 0.4) is 0 Å². The van der Waals surface area contributed by atoms with Gasteiger partial charge in [-0.2, -0.15) is 5.10 Å². The molecule has 5 rings (SSSR count). The number of nitrogen functional groups attached to an aromatic ring is 1. The second-order valence-electron chi connectivity index (χ2n) is 7.73. The number of nitrogens with zero attached hydrogens (tertiary/aromatic N) is 3. The van der Waals surface area contributed by atoms with Crippen LogP contribution < -0.4 is 10.6 Å². The summed E-state index contributed by atoms with van der Waals surface area (Å²) in [5, 5.41) is 4.83. The van der Waals surface area contributed by atoms with Crippen molar-refractivity contribution >= 4 is 17.3 Å². The first-order valence-electron chi connectivity index (χ1n) is 10.0. The Hall–Kier alpha value is -3.08. The van der Waals surface area contributed by atoms with Crippen LogP contribution in [0, 0.1) is 6.92 Å². The predicted molar refractivity (Wildman–Crippen MR) is 111 cm³/mol. The largest absolute Gasteiger partial charge is 0.398 e. The minimum Gasteiger partial charge on any atom is -0.398 e. The van der Waals surface area contributed by atoms with Gasteiger partial charge in [0.2, 0.25) is 0 Å². The summed E-state index contributed by atoms with van der Waals surface area (Å²) in [7, 11) is 0. The zero-order valence-electron chi connectivity index (χ0n) is 16.1. The van der Waals surface area contributed by atoms with Crippen molar-refractivity contribution in [3.05, 3.63) is 70.5 Å². The highest BCUT2D eigenvalue weighted by molar-refractivity contribution is 6.07. The number of hydrogen-bond acceptors (Lipinski definition) is 3. The first-order chi connectivity index (χ1) is 13.6. The number of amides is 1. The predicted octanol–water partition coefficient (Wildman–Crippen LogP) is 3.84. The molecule has 2 heterocycles. The molecule has 0 fully saturated rings. The summed E-state index contributed by atoms with van der Waals surface area (Å²) in [6.45, 7) is 2.80. The van der Waals surface area contributed by atoms with Crippen molar-refractivity contribution in [1.29, 1.82) is 0 Å². The van der Waals surface area contributed by atoms with Gasteiger partial charge in [-0.25, -0.2) is 4.68 Å². The van der Waals surface area contributed by atoms with Crippen LogP contribution in [0.2, 0.25) is 0 Å². The van der Waals surface area contributed by atoms with Gasteiger partial charge in [-0.1, -0.05) is 24.3 Å². The van der Waals surface area contributed by atoms with Gasteiger partial charge in [-0.05, 0) is 68.4 Å². The second-order valence-corrected chi connectivity index (χ2v) is 7.73. The smallest absolute Gasteiger partial charge is 0.279 e. The normalized spacial score (nSPS) is 15.4. The minimum atomic E-state index is -0.00275. The number of benzene rings is 2. The number of para-hydroxylation sites is 1. The Morgan fingerprint density at radius 2 is 1.75 bits per heavy atom. The van der Waals surface area contributed by atoms with E-state index in [1.54, 1.807) is 0 Å². The van der Waals surface area contributed by atoms with Gasteiger partial charge in [0.25, 0.3) is 5.91 Å². The maximum atomic E-state index is 13.6. The Bertz CT molecular complexity index is 1080. The third-order valence-electron chi connectivity index (χ3n) is 6.01. The van der Waals surface area contributed by atoms with Crippen LogP contribution in [0.1, 0.15) is 45.7 Å².